The molecule has 1 unspecified atom stereocenters. The van der Waals surface area contributed by atoms with Crippen LogP contribution in [-0.4, -0.2) is 54.9 Å². The highest BCUT2D eigenvalue weighted by atomic mass is 16.5. The first kappa shape index (κ1) is 26.3. The van der Waals surface area contributed by atoms with Crippen LogP contribution in [0.4, 0.5) is 5.69 Å². The Morgan fingerprint density at radius 1 is 1.16 bits per heavy atom. The second-order valence-corrected chi connectivity index (χ2v) is 9.98. The molecule has 1 saturated carbocycles. The molecule has 1 aromatic heterocycles. The molecule has 38 heavy (non-hydrogen) atoms. The molecule has 0 bridgehead atoms. The summed E-state index contributed by atoms with van der Waals surface area (Å²) in [7, 11) is 0. The summed E-state index contributed by atoms with van der Waals surface area (Å²) in [6, 6.07) is 16.7. The zero-order chi connectivity index (χ0) is 26.3. The lowest BCUT2D eigenvalue weighted by molar-refractivity contribution is -0.130. The number of anilines is 1. The van der Waals surface area contributed by atoms with E-state index in [0.717, 1.165) is 69.0 Å². The van der Waals surface area contributed by atoms with Gasteiger partial charge in [0.1, 0.15) is 11.5 Å². The predicted molar refractivity (Wildman–Crippen MR) is 144 cm³/mol. The third-order valence-corrected chi connectivity index (χ3v) is 7.26. The zero-order valence-corrected chi connectivity index (χ0v) is 21.9. The van der Waals surface area contributed by atoms with Crippen LogP contribution in [0.15, 0.2) is 46.9 Å². The van der Waals surface area contributed by atoms with Gasteiger partial charge in [0, 0.05) is 48.4 Å². The van der Waals surface area contributed by atoms with E-state index in [4.69, 9.17) is 18.9 Å². The number of carbonyl (C=O) groups excluding carboxylic acids is 1. The van der Waals surface area contributed by atoms with Gasteiger partial charge in [-0.25, -0.2) is 4.98 Å². The van der Waals surface area contributed by atoms with Crippen LogP contribution in [0.2, 0.25) is 0 Å². The largest absolute Gasteiger partial charge is 0.493 e. The van der Waals surface area contributed by atoms with Crippen molar-refractivity contribution >= 4 is 11.6 Å². The number of oxazole rings is 1. The van der Waals surface area contributed by atoms with E-state index in [1.165, 1.54) is 12.1 Å². The average molecular weight is 519 g/mol. The molecule has 2 N–H and O–H groups in total. The Morgan fingerprint density at radius 3 is 2.68 bits per heavy atom. The maximum absolute atomic E-state index is 12.5. The van der Waals surface area contributed by atoms with Gasteiger partial charge in [-0.3, -0.25) is 4.79 Å². The van der Waals surface area contributed by atoms with E-state index in [2.05, 4.69) is 28.4 Å². The number of morpholine rings is 1. The molecule has 1 atom stereocenters. The molecule has 8 nitrogen and oxygen atoms in total. The van der Waals surface area contributed by atoms with Crippen LogP contribution in [0, 0.1) is 13.0 Å². The molecule has 1 aliphatic heterocycles. The van der Waals surface area contributed by atoms with E-state index in [1.807, 2.05) is 19.1 Å². The first-order valence-corrected chi connectivity index (χ1v) is 13.6. The van der Waals surface area contributed by atoms with Crippen molar-refractivity contribution in [2.45, 2.75) is 57.6 Å². The number of aliphatic hydroxyl groups is 1. The number of aliphatic hydroxyl groups excluding tert-OH is 1. The highest BCUT2D eigenvalue weighted by Crippen LogP contribution is 2.26. The predicted octanol–water partition coefficient (Wildman–Crippen LogP) is 4.39. The smallest absolute Gasteiger partial charge is 0.253 e. The molecule has 1 saturated heterocycles. The Labute approximate surface area is 224 Å². The van der Waals surface area contributed by atoms with Crippen LogP contribution in [0.5, 0.6) is 5.75 Å². The quantitative estimate of drug-likeness (QED) is 0.434. The van der Waals surface area contributed by atoms with Crippen LogP contribution >= 0.6 is 0 Å². The molecule has 1 amide bonds. The SMILES string of the molecule is Cc1oc(-c2ccc(N3CCOCC3)cc2)nc1CCOc1[c]c(C(O)C(=O)NC2CCCCC2)ccc1. The lowest BCUT2D eigenvalue weighted by Crippen LogP contribution is -2.39. The van der Waals surface area contributed by atoms with Crippen molar-refractivity contribution in [3.05, 3.63) is 65.5 Å². The molecular weight excluding hydrogens is 482 g/mol. The Morgan fingerprint density at radius 2 is 1.92 bits per heavy atom. The maximum atomic E-state index is 12.5. The number of aromatic nitrogens is 1. The van der Waals surface area contributed by atoms with Crippen LogP contribution in [0.3, 0.4) is 0 Å². The summed E-state index contributed by atoms with van der Waals surface area (Å²) in [5.74, 6) is 1.45. The summed E-state index contributed by atoms with van der Waals surface area (Å²) in [6.07, 6.45) is 4.66. The van der Waals surface area contributed by atoms with Gasteiger partial charge in [0.25, 0.3) is 5.91 Å². The molecule has 1 aliphatic carbocycles. The molecule has 201 valence electrons. The van der Waals surface area contributed by atoms with E-state index >= 15 is 0 Å². The Kier molecular flexibility index (Phi) is 8.61. The van der Waals surface area contributed by atoms with Crippen molar-refractivity contribution in [1.82, 2.24) is 10.3 Å². The molecule has 0 spiro atoms. The normalized spacial score (nSPS) is 17.3. The standard InChI is InChI=1S/C30H36N3O5/c1-21-27(32-30(38-21)22-10-12-25(13-11-22)33-15-18-36-19-16-33)14-17-37-26-9-5-6-23(20-26)28(34)29(35)31-24-7-3-2-4-8-24/h5-6,9-13,24,28,34H,2-4,7-8,14-19H2,1H3,(H,31,35). The summed E-state index contributed by atoms with van der Waals surface area (Å²) < 4.78 is 17.3. The number of carbonyl (C=O) groups is 1. The Balaban J connectivity index is 1.14. The first-order valence-electron chi connectivity index (χ1n) is 13.6. The number of nitrogens with zero attached hydrogens (tertiary/aromatic N) is 2. The number of hydrogen-bond donors (Lipinski definition) is 2. The minimum Gasteiger partial charge on any atom is -0.493 e. The van der Waals surface area contributed by atoms with Crippen molar-refractivity contribution in [3.63, 3.8) is 0 Å². The van der Waals surface area contributed by atoms with E-state index < -0.39 is 6.10 Å². The molecule has 2 fully saturated rings. The molecular formula is C30H36N3O5. The maximum Gasteiger partial charge on any atom is 0.253 e. The third-order valence-electron chi connectivity index (χ3n) is 7.26. The van der Waals surface area contributed by atoms with E-state index in [-0.39, 0.29) is 11.9 Å². The van der Waals surface area contributed by atoms with Crippen molar-refractivity contribution in [2.24, 2.45) is 0 Å². The first-order chi connectivity index (χ1) is 18.6. The van der Waals surface area contributed by atoms with Crippen molar-refractivity contribution in [3.8, 4) is 17.2 Å². The van der Waals surface area contributed by atoms with Crippen molar-refractivity contribution < 1.29 is 23.8 Å². The van der Waals surface area contributed by atoms with E-state index in [1.54, 1.807) is 18.2 Å². The van der Waals surface area contributed by atoms with Crippen molar-refractivity contribution in [1.29, 1.82) is 0 Å². The van der Waals surface area contributed by atoms with Gasteiger partial charge in [-0.15, -0.1) is 0 Å². The van der Waals surface area contributed by atoms with Crippen LogP contribution < -0.4 is 15.0 Å². The van der Waals surface area contributed by atoms with Gasteiger partial charge in [-0.2, -0.15) is 0 Å². The van der Waals surface area contributed by atoms with Gasteiger partial charge < -0.3 is 29.2 Å². The molecule has 5 rings (SSSR count). The number of amides is 1. The molecule has 2 aromatic carbocycles. The Hall–Kier alpha value is -3.36. The summed E-state index contributed by atoms with van der Waals surface area (Å²) in [5.41, 5.74) is 3.33. The fraction of sp³-hybridized carbons (Fsp3) is 0.467. The number of nitrogens with one attached hydrogen (secondary N) is 1. The lowest BCUT2D eigenvalue weighted by Gasteiger charge is -2.28. The minimum absolute atomic E-state index is 0.142. The van der Waals surface area contributed by atoms with Crippen molar-refractivity contribution in [2.75, 3.05) is 37.8 Å². The fourth-order valence-corrected chi connectivity index (χ4v) is 5.05. The summed E-state index contributed by atoms with van der Waals surface area (Å²) in [5, 5.41) is 13.5. The highest BCUT2D eigenvalue weighted by Gasteiger charge is 2.23. The summed E-state index contributed by atoms with van der Waals surface area (Å²) >= 11 is 0. The van der Waals surface area contributed by atoms with Crippen LogP contribution in [0.1, 0.15) is 55.2 Å². The number of hydrogen-bond acceptors (Lipinski definition) is 7. The minimum atomic E-state index is -1.27. The number of ether oxygens (including phenoxy) is 2. The molecule has 2 heterocycles. The number of aryl methyl sites for hydroxylation is 1. The second kappa shape index (κ2) is 12.5. The van der Waals surface area contributed by atoms with Gasteiger partial charge >= 0.3 is 0 Å². The molecule has 1 radical (unpaired) electrons. The van der Waals surface area contributed by atoms with Gasteiger partial charge in [-0.1, -0.05) is 31.4 Å². The van der Waals surface area contributed by atoms with Gasteiger partial charge in [0.15, 0.2) is 6.10 Å². The van der Waals surface area contributed by atoms with E-state index in [0.29, 0.717) is 30.2 Å². The summed E-state index contributed by atoms with van der Waals surface area (Å²) in [6.45, 7) is 5.58. The number of rotatable bonds is 9. The lowest BCUT2D eigenvalue weighted by atomic mass is 9.95. The summed E-state index contributed by atoms with van der Waals surface area (Å²) in [4.78, 5) is 19.5. The second-order valence-electron chi connectivity index (χ2n) is 9.98. The molecule has 8 heteroatoms. The Bertz CT molecular complexity index is 1200. The van der Waals surface area contributed by atoms with Gasteiger partial charge in [0.2, 0.25) is 5.89 Å². The monoisotopic (exact) mass is 518 g/mol. The highest BCUT2D eigenvalue weighted by molar-refractivity contribution is 5.82. The average Bonchev–Trinajstić information content (AvgIpc) is 3.34. The van der Waals surface area contributed by atoms with Gasteiger partial charge in [-0.05, 0) is 50.1 Å². The third kappa shape index (κ3) is 6.55. The topological polar surface area (TPSA) is 97.1 Å². The van der Waals surface area contributed by atoms with E-state index in [9.17, 15) is 9.90 Å². The zero-order valence-electron chi connectivity index (χ0n) is 21.9. The molecule has 3 aromatic rings. The van der Waals surface area contributed by atoms with Crippen LogP contribution in [0.25, 0.3) is 11.5 Å². The molecule has 2 aliphatic rings. The van der Waals surface area contributed by atoms with Gasteiger partial charge in [0.05, 0.1) is 25.5 Å². The fourth-order valence-electron chi connectivity index (χ4n) is 5.05. The number of benzene rings is 2. The van der Waals surface area contributed by atoms with Crippen LogP contribution in [-0.2, 0) is 16.0 Å².